The van der Waals surface area contributed by atoms with Gasteiger partial charge in [-0.05, 0) is 12.1 Å². The molecular weight excluding hydrogens is 178 g/mol. The third kappa shape index (κ3) is 1.40. The van der Waals surface area contributed by atoms with Crippen molar-refractivity contribution in [1.29, 1.82) is 0 Å². The molecule has 0 unspecified atom stereocenters. The van der Waals surface area contributed by atoms with Crippen molar-refractivity contribution in [2.24, 2.45) is 7.05 Å². The number of hydrogen-bond acceptors (Lipinski definition) is 3. The molecule has 0 radical (unpaired) electrons. The van der Waals surface area contributed by atoms with Gasteiger partial charge >= 0.3 is 0 Å². The van der Waals surface area contributed by atoms with Crippen LogP contribution in [0.15, 0.2) is 30.7 Å². The molecule has 2 heterocycles. The highest BCUT2D eigenvalue weighted by Gasteiger charge is 2.06. The van der Waals surface area contributed by atoms with Crippen LogP contribution in [0.5, 0.6) is 0 Å². The van der Waals surface area contributed by atoms with Crippen LogP contribution in [0, 0.1) is 0 Å². The fourth-order valence-electron chi connectivity index (χ4n) is 1.36. The van der Waals surface area contributed by atoms with Gasteiger partial charge in [0.1, 0.15) is 5.82 Å². The first-order valence-electron chi connectivity index (χ1n) is 4.35. The summed E-state index contributed by atoms with van der Waals surface area (Å²) in [6.07, 6.45) is 5.13. The van der Waals surface area contributed by atoms with Crippen molar-refractivity contribution < 1.29 is 5.11 Å². The van der Waals surface area contributed by atoms with E-state index in [9.17, 15) is 0 Å². The number of pyridine rings is 1. The van der Waals surface area contributed by atoms with Gasteiger partial charge in [0, 0.05) is 25.0 Å². The van der Waals surface area contributed by atoms with Gasteiger partial charge in [-0.3, -0.25) is 4.98 Å². The zero-order valence-corrected chi connectivity index (χ0v) is 7.88. The number of aromatic nitrogens is 3. The van der Waals surface area contributed by atoms with Gasteiger partial charge < -0.3 is 9.67 Å². The molecule has 0 aliphatic rings. The lowest BCUT2D eigenvalue weighted by atomic mass is 10.2. The van der Waals surface area contributed by atoms with E-state index in [4.69, 9.17) is 5.11 Å². The standard InChI is InChI=1S/C10H11N3O/c1-13-9(7-14)6-12-10(13)8-2-4-11-5-3-8/h2-6,14H,7H2,1H3. The topological polar surface area (TPSA) is 50.9 Å². The second-order valence-corrected chi connectivity index (χ2v) is 3.03. The average molecular weight is 189 g/mol. The summed E-state index contributed by atoms with van der Waals surface area (Å²) < 4.78 is 1.87. The summed E-state index contributed by atoms with van der Waals surface area (Å²) >= 11 is 0. The Balaban J connectivity index is 2.48. The summed E-state index contributed by atoms with van der Waals surface area (Å²) in [5, 5.41) is 9.01. The third-order valence-electron chi connectivity index (χ3n) is 2.18. The summed E-state index contributed by atoms with van der Waals surface area (Å²) in [6.45, 7) is 0.00852. The molecule has 0 fully saturated rings. The van der Waals surface area contributed by atoms with E-state index in [1.165, 1.54) is 0 Å². The molecule has 4 nitrogen and oxygen atoms in total. The lowest BCUT2D eigenvalue weighted by Gasteiger charge is -2.03. The van der Waals surface area contributed by atoms with E-state index < -0.39 is 0 Å². The highest BCUT2D eigenvalue weighted by molar-refractivity contribution is 5.54. The first-order valence-corrected chi connectivity index (χ1v) is 4.35. The summed E-state index contributed by atoms with van der Waals surface area (Å²) in [4.78, 5) is 8.17. The predicted molar refractivity (Wildman–Crippen MR) is 52.4 cm³/mol. The van der Waals surface area contributed by atoms with E-state index >= 15 is 0 Å². The zero-order chi connectivity index (χ0) is 9.97. The normalized spacial score (nSPS) is 10.4. The van der Waals surface area contributed by atoms with Crippen LogP contribution in [0.4, 0.5) is 0 Å². The molecule has 0 spiro atoms. The van der Waals surface area contributed by atoms with Crippen molar-refractivity contribution >= 4 is 0 Å². The number of imidazole rings is 1. The maximum Gasteiger partial charge on any atom is 0.140 e. The highest BCUT2D eigenvalue weighted by atomic mass is 16.3. The summed E-state index contributed by atoms with van der Waals surface area (Å²) in [7, 11) is 1.88. The summed E-state index contributed by atoms with van der Waals surface area (Å²) in [6, 6.07) is 3.78. The van der Waals surface area contributed by atoms with Crippen LogP contribution < -0.4 is 0 Å². The minimum atomic E-state index is 0.00852. The van der Waals surface area contributed by atoms with Crippen molar-refractivity contribution in [2.45, 2.75) is 6.61 Å². The molecule has 2 aromatic heterocycles. The molecule has 0 bridgehead atoms. The number of hydrogen-bond donors (Lipinski definition) is 1. The van der Waals surface area contributed by atoms with Crippen molar-refractivity contribution in [3.05, 3.63) is 36.4 Å². The molecule has 0 saturated carbocycles. The molecule has 2 aromatic rings. The zero-order valence-electron chi connectivity index (χ0n) is 7.88. The second kappa shape index (κ2) is 3.59. The van der Waals surface area contributed by atoms with Gasteiger partial charge in [0.15, 0.2) is 0 Å². The van der Waals surface area contributed by atoms with Crippen molar-refractivity contribution in [3.8, 4) is 11.4 Å². The molecule has 72 valence electrons. The molecule has 0 saturated heterocycles. The lowest BCUT2D eigenvalue weighted by Crippen LogP contribution is -1.98. The fraction of sp³-hybridized carbons (Fsp3) is 0.200. The van der Waals surface area contributed by atoms with Crippen LogP contribution in [0.25, 0.3) is 11.4 Å². The van der Waals surface area contributed by atoms with Crippen LogP contribution in [-0.4, -0.2) is 19.6 Å². The van der Waals surface area contributed by atoms with Gasteiger partial charge in [-0.2, -0.15) is 0 Å². The minimum absolute atomic E-state index is 0.00852. The Morgan fingerprint density at radius 1 is 1.36 bits per heavy atom. The highest BCUT2D eigenvalue weighted by Crippen LogP contribution is 2.16. The Morgan fingerprint density at radius 3 is 2.64 bits per heavy atom. The second-order valence-electron chi connectivity index (χ2n) is 3.03. The van der Waals surface area contributed by atoms with Crippen LogP contribution in [0.3, 0.4) is 0 Å². The molecular formula is C10H11N3O. The quantitative estimate of drug-likeness (QED) is 0.766. The van der Waals surface area contributed by atoms with Crippen LogP contribution in [0.1, 0.15) is 5.69 Å². The monoisotopic (exact) mass is 189 g/mol. The molecule has 0 atom stereocenters. The minimum Gasteiger partial charge on any atom is -0.390 e. The Labute approximate surface area is 81.9 Å². The van der Waals surface area contributed by atoms with Gasteiger partial charge in [-0.15, -0.1) is 0 Å². The van der Waals surface area contributed by atoms with Crippen molar-refractivity contribution in [3.63, 3.8) is 0 Å². The Hall–Kier alpha value is -1.68. The van der Waals surface area contributed by atoms with E-state index in [0.717, 1.165) is 17.1 Å². The Bertz CT molecular complexity index is 422. The number of rotatable bonds is 2. The third-order valence-corrected chi connectivity index (χ3v) is 2.18. The molecule has 1 N–H and O–H groups in total. The molecule has 14 heavy (non-hydrogen) atoms. The average Bonchev–Trinajstić information content (AvgIpc) is 2.61. The molecule has 0 amide bonds. The first kappa shape index (κ1) is 8.90. The Kier molecular flexibility index (Phi) is 2.28. The molecule has 0 aromatic carbocycles. The van der Waals surface area contributed by atoms with E-state index in [0.29, 0.717) is 0 Å². The molecule has 2 rings (SSSR count). The maximum absolute atomic E-state index is 9.01. The SMILES string of the molecule is Cn1c(CO)cnc1-c1ccncc1. The number of nitrogens with zero attached hydrogens (tertiary/aromatic N) is 3. The van der Waals surface area contributed by atoms with Crippen LogP contribution >= 0.6 is 0 Å². The van der Waals surface area contributed by atoms with Crippen LogP contribution in [0.2, 0.25) is 0 Å². The van der Waals surface area contributed by atoms with E-state index in [-0.39, 0.29) is 6.61 Å². The van der Waals surface area contributed by atoms with Gasteiger partial charge in [-0.25, -0.2) is 4.98 Å². The Morgan fingerprint density at radius 2 is 2.07 bits per heavy atom. The number of aliphatic hydroxyl groups is 1. The summed E-state index contributed by atoms with van der Waals surface area (Å²) in [5.74, 6) is 0.844. The van der Waals surface area contributed by atoms with Crippen molar-refractivity contribution in [2.75, 3.05) is 0 Å². The largest absolute Gasteiger partial charge is 0.390 e. The molecule has 4 heteroatoms. The maximum atomic E-state index is 9.01. The van der Waals surface area contributed by atoms with E-state index in [1.54, 1.807) is 18.6 Å². The van der Waals surface area contributed by atoms with E-state index in [2.05, 4.69) is 9.97 Å². The number of aliphatic hydroxyl groups excluding tert-OH is 1. The first-order chi connectivity index (χ1) is 6.83. The van der Waals surface area contributed by atoms with E-state index in [1.807, 2.05) is 23.7 Å². The summed E-state index contributed by atoms with van der Waals surface area (Å²) in [5.41, 5.74) is 1.80. The predicted octanol–water partition coefficient (Wildman–Crippen LogP) is 0.974. The van der Waals surface area contributed by atoms with Crippen molar-refractivity contribution in [1.82, 2.24) is 14.5 Å². The van der Waals surface area contributed by atoms with Gasteiger partial charge in [0.05, 0.1) is 18.5 Å². The van der Waals surface area contributed by atoms with Gasteiger partial charge in [0.2, 0.25) is 0 Å². The van der Waals surface area contributed by atoms with Crippen LogP contribution in [-0.2, 0) is 13.7 Å². The lowest BCUT2D eigenvalue weighted by molar-refractivity contribution is 0.273. The van der Waals surface area contributed by atoms with Gasteiger partial charge in [0.25, 0.3) is 0 Å². The molecule has 0 aliphatic carbocycles. The smallest absolute Gasteiger partial charge is 0.140 e. The van der Waals surface area contributed by atoms with Gasteiger partial charge in [-0.1, -0.05) is 0 Å². The fourth-order valence-corrected chi connectivity index (χ4v) is 1.36. The molecule has 0 aliphatic heterocycles.